The van der Waals surface area contributed by atoms with Crippen LogP contribution in [0.15, 0.2) is 35.3 Å². The van der Waals surface area contributed by atoms with Gasteiger partial charge in [0.2, 0.25) is 0 Å². The Morgan fingerprint density at radius 1 is 1.12 bits per heavy atom. The maximum atomic E-state index is 4.58. The fourth-order valence-electron chi connectivity index (χ4n) is 4.55. The molecule has 1 aromatic carbocycles. The molecule has 5 heteroatoms. The van der Waals surface area contributed by atoms with Crippen LogP contribution >= 0.6 is 24.0 Å². The van der Waals surface area contributed by atoms with Gasteiger partial charge in [-0.25, -0.2) is 0 Å². The Morgan fingerprint density at radius 3 is 2.62 bits per heavy atom. The van der Waals surface area contributed by atoms with E-state index in [1.807, 2.05) is 7.05 Å². The number of piperidine rings is 1. The van der Waals surface area contributed by atoms with E-state index in [1.165, 1.54) is 57.2 Å². The van der Waals surface area contributed by atoms with Crippen LogP contribution in [0.25, 0.3) is 0 Å². The first kappa shape index (κ1) is 19.9. The van der Waals surface area contributed by atoms with E-state index < -0.39 is 0 Å². The van der Waals surface area contributed by atoms with Crippen LogP contribution in [-0.4, -0.2) is 61.1 Å². The van der Waals surface area contributed by atoms with Crippen molar-refractivity contribution >= 4 is 29.9 Å². The lowest BCUT2D eigenvalue weighted by atomic mass is 10.1. The highest BCUT2D eigenvalue weighted by Crippen LogP contribution is 2.34. The Labute approximate surface area is 175 Å². The van der Waals surface area contributed by atoms with Crippen molar-refractivity contribution < 1.29 is 0 Å². The molecule has 0 spiro atoms. The first-order valence-corrected chi connectivity index (χ1v) is 10.1. The summed E-state index contributed by atoms with van der Waals surface area (Å²) in [5, 5.41) is 3.73. The molecule has 1 N–H and O–H groups in total. The van der Waals surface area contributed by atoms with E-state index in [9.17, 15) is 0 Å². The summed E-state index contributed by atoms with van der Waals surface area (Å²) in [7, 11) is 1.94. The van der Waals surface area contributed by atoms with Gasteiger partial charge in [-0.15, -0.1) is 24.0 Å². The molecule has 3 aliphatic rings. The second kappa shape index (κ2) is 9.40. The molecule has 2 heterocycles. The number of rotatable bonds is 4. The standard InChI is InChI=1S/C21H32N4.HI/c1-22-21(23-20-15-18(20)14-17-8-4-2-5-9-17)25-13-10-19(16-25)24-11-6-3-7-12-24;/h2,4-5,8-9,18-20H,3,6-7,10-16H2,1H3,(H,22,23);1H. The van der Waals surface area contributed by atoms with Crippen molar-refractivity contribution in [3.63, 3.8) is 0 Å². The highest BCUT2D eigenvalue weighted by Gasteiger charge is 2.39. The van der Waals surface area contributed by atoms with Crippen molar-refractivity contribution in [1.82, 2.24) is 15.1 Å². The van der Waals surface area contributed by atoms with Crippen molar-refractivity contribution in [2.45, 2.75) is 50.6 Å². The van der Waals surface area contributed by atoms with Gasteiger partial charge in [-0.3, -0.25) is 9.89 Å². The summed E-state index contributed by atoms with van der Waals surface area (Å²) in [5.74, 6) is 1.89. The second-order valence-corrected chi connectivity index (χ2v) is 7.97. The lowest BCUT2D eigenvalue weighted by Crippen LogP contribution is -2.45. The van der Waals surface area contributed by atoms with Crippen LogP contribution in [0, 0.1) is 5.92 Å². The van der Waals surface area contributed by atoms with Gasteiger partial charge in [0, 0.05) is 32.2 Å². The Kier molecular flexibility index (Phi) is 7.20. The molecule has 3 atom stereocenters. The number of nitrogens with one attached hydrogen (secondary N) is 1. The third-order valence-electron chi connectivity index (χ3n) is 6.16. The Hall–Kier alpha value is -0.820. The number of nitrogens with zero attached hydrogens (tertiary/aromatic N) is 3. The predicted molar refractivity (Wildman–Crippen MR) is 119 cm³/mol. The first-order valence-electron chi connectivity index (χ1n) is 10.1. The summed E-state index contributed by atoms with van der Waals surface area (Å²) in [4.78, 5) is 9.78. The van der Waals surface area contributed by atoms with Crippen LogP contribution in [0.2, 0.25) is 0 Å². The maximum absolute atomic E-state index is 4.58. The number of halogens is 1. The third kappa shape index (κ3) is 4.91. The normalized spacial score (nSPS) is 29.3. The number of hydrogen-bond donors (Lipinski definition) is 1. The molecule has 3 unspecified atom stereocenters. The topological polar surface area (TPSA) is 30.9 Å². The minimum atomic E-state index is 0. The SMILES string of the molecule is CN=C(NC1CC1Cc1ccccc1)N1CCC(N2CCCCC2)C1.I. The van der Waals surface area contributed by atoms with Crippen LogP contribution in [0.3, 0.4) is 0 Å². The molecule has 3 fully saturated rings. The Balaban J connectivity index is 0.00000196. The minimum Gasteiger partial charge on any atom is -0.353 e. The maximum Gasteiger partial charge on any atom is 0.193 e. The lowest BCUT2D eigenvalue weighted by molar-refractivity contribution is 0.168. The summed E-state index contributed by atoms with van der Waals surface area (Å²) in [5.41, 5.74) is 1.46. The molecule has 1 saturated carbocycles. The zero-order valence-electron chi connectivity index (χ0n) is 15.9. The minimum absolute atomic E-state index is 0. The molecule has 0 radical (unpaired) electrons. The van der Waals surface area contributed by atoms with Crippen molar-refractivity contribution in [1.29, 1.82) is 0 Å². The quantitative estimate of drug-likeness (QED) is 0.418. The van der Waals surface area contributed by atoms with Crippen LogP contribution < -0.4 is 5.32 Å². The van der Waals surface area contributed by atoms with Gasteiger partial charge in [0.05, 0.1) is 0 Å². The summed E-state index contributed by atoms with van der Waals surface area (Å²) >= 11 is 0. The van der Waals surface area contributed by atoms with Gasteiger partial charge in [0.25, 0.3) is 0 Å². The summed E-state index contributed by atoms with van der Waals surface area (Å²) < 4.78 is 0. The molecular weight excluding hydrogens is 435 g/mol. The van der Waals surface area contributed by atoms with Crippen molar-refractivity contribution in [2.24, 2.45) is 10.9 Å². The van der Waals surface area contributed by atoms with Gasteiger partial charge in [0.15, 0.2) is 5.96 Å². The molecule has 4 rings (SSSR count). The molecule has 0 aromatic heterocycles. The molecule has 2 aliphatic heterocycles. The fraction of sp³-hybridized carbons (Fsp3) is 0.667. The predicted octanol–water partition coefficient (Wildman–Crippen LogP) is 3.37. The van der Waals surface area contributed by atoms with E-state index in [2.05, 4.69) is 50.4 Å². The fourth-order valence-corrected chi connectivity index (χ4v) is 4.55. The van der Waals surface area contributed by atoms with E-state index in [1.54, 1.807) is 0 Å². The Bertz CT molecular complexity index is 585. The molecule has 1 aliphatic carbocycles. The first-order chi connectivity index (χ1) is 12.3. The summed E-state index contributed by atoms with van der Waals surface area (Å²) in [6.07, 6.45) is 7.93. The highest BCUT2D eigenvalue weighted by atomic mass is 127. The zero-order chi connectivity index (χ0) is 17.1. The van der Waals surface area contributed by atoms with E-state index in [-0.39, 0.29) is 24.0 Å². The van der Waals surface area contributed by atoms with Crippen LogP contribution in [-0.2, 0) is 6.42 Å². The second-order valence-electron chi connectivity index (χ2n) is 7.97. The molecule has 0 amide bonds. The van der Waals surface area contributed by atoms with E-state index >= 15 is 0 Å². The van der Waals surface area contributed by atoms with Gasteiger partial charge in [0.1, 0.15) is 0 Å². The van der Waals surface area contributed by atoms with E-state index in [0.717, 1.165) is 31.0 Å². The number of guanidine groups is 1. The number of aliphatic imine (C=N–C) groups is 1. The molecule has 2 saturated heterocycles. The molecule has 1 aromatic rings. The van der Waals surface area contributed by atoms with Crippen molar-refractivity contribution in [3.05, 3.63) is 35.9 Å². The largest absolute Gasteiger partial charge is 0.353 e. The van der Waals surface area contributed by atoms with Gasteiger partial charge in [-0.2, -0.15) is 0 Å². The summed E-state index contributed by atoms with van der Waals surface area (Å²) in [6, 6.07) is 12.2. The van der Waals surface area contributed by atoms with Crippen molar-refractivity contribution in [2.75, 3.05) is 33.2 Å². The van der Waals surface area contributed by atoms with Gasteiger partial charge in [-0.05, 0) is 56.7 Å². The molecular formula is C21H33IN4. The van der Waals surface area contributed by atoms with Gasteiger partial charge < -0.3 is 10.2 Å². The average Bonchev–Trinajstić information content (AvgIpc) is 3.19. The third-order valence-corrected chi connectivity index (χ3v) is 6.16. The molecule has 144 valence electrons. The van der Waals surface area contributed by atoms with Crippen LogP contribution in [0.1, 0.15) is 37.7 Å². The zero-order valence-corrected chi connectivity index (χ0v) is 18.3. The Morgan fingerprint density at radius 2 is 1.88 bits per heavy atom. The number of hydrogen-bond acceptors (Lipinski definition) is 2. The van der Waals surface area contributed by atoms with Crippen molar-refractivity contribution in [3.8, 4) is 0 Å². The summed E-state index contributed by atoms with van der Waals surface area (Å²) in [6.45, 7) is 4.89. The van der Waals surface area contributed by atoms with Gasteiger partial charge >= 0.3 is 0 Å². The van der Waals surface area contributed by atoms with E-state index in [0.29, 0.717) is 6.04 Å². The van der Waals surface area contributed by atoms with Gasteiger partial charge in [-0.1, -0.05) is 36.8 Å². The average molecular weight is 468 g/mol. The number of benzene rings is 1. The highest BCUT2D eigenvalue weighted by molar-refractivity contribution is 14.0. The smallest absolute Gasteiger partial charge is 0.193 e. The monoisotopic (exact) mass is 468 g/mol. The molecule has 4 nitrogen and oxygen atoms in total. The lowest BCUT2D eigenvalue weighted by Gasteiger charge is -2.32. The number of likely N-dealkylation sites (tertiary alicyclic amines) is 2. The van der Waals surface area contributed by atoms with E-state index in [4.69, 9.17) is 0 Å². The molecule has 0 bridgehead atoms. The molecule has 26 heavy (non-hydrogen) atoms. The van der Waals surface area contributed by atoms with Crippen LogP contribution in [0.4, 0.5) is 0 Å². The van der Waals surface area contributed by atoms with Crippen LogP contribution in [0.5, 0.6) is 0 Å².